The first kappa shape index (κ1) is 12.9. The number of benzene rings is 1. The summed E-state index contributed by atoms with van der Waals surface area (Å²) in [5.74, 6) is 0.00815. The van der Waals surface area contributed by atoms with Gasteiger partial charge in [-0.15, -0.1) is 0 Å². The van der Waals surface area contributed by atoms with Crippen molar-refractivity contribution in [2.24, 2.45) is 4.99 Å². The molecule has 0 unspecified atom stereocenters. The normalized spacial score (nSPS) is 14.2. The molecular formula is C13H11FN4OS. The van der Waals surface area contributed by atoms with Gasteiger partial charge in [0.25, 0.3) is 5.91 Å². The highest BCUT2D eigenvalue weighted by molar-refractivity contribution is 8.14. The summed E-state index contributed by atoms with van der Waals surface area (Å²) in [5, 5.41) is 7.21. The number of aliphatic imine (C=N–C) groups is 1. The van der Waals surface area contributed by atoms with Gasteiger partial charge in [0.2, 0.25) is 0 Å². The van der Waals surface area contributed by atoms with Crippen LogP contribution in [0.4, 0.5) is 4.39 Å². The first-order valence-corrected chi connectivity index (χ1v) is 7.01. The topological polar surface area (TPSA) is 59.3 Å². The number of amidine groups is 1. The molecule has 1 aliphatic rings. The molecule has 0 spiro atoms. The maximum atomic E-state index is 14.0. The molecule has 0 saturated carbocycles. The highest BCUT2D eigenvalue weighted by Gasteiger charge is 2.14. The molecule has 5 nitrogen and oxygen atoms in total. The summed E-state index contributed by atoms with van der Waals surface area (Å²) in [7, 11) is 0. The van der Waals surface area contributed by atoms with Gasteiger partial charge in [0.1, 0.15) is 11.5 Å². The van der Waals surface area contributed by atoms with Gasteiger partial charge in [-0.1, -0.05) is 11.8 Å². The first-order chi connectivity index (χ1) is 9.74. The van der Waals surface area contributed by atoms with Crippen molar-refractivity contribution >= 4 is 22.8 Å². The molecule has 2 aromatic rings. The van der Waals surface area contributed by atoms with Crippen molar-refractivity contribution in [2.75, 3.05) is 12.3 Å². The average molecular weight is 290 g/mol. The average Bonchev–Trinajstić information content (AvgIpc) is 3.11. The van der Waals surface area contributed by atoms with Gasteiger partial charge in [0.15, 0.2) is 5.17 Å². The summed E-state index contributed by atoms with van der Waals surface area (Å²) in [6.07, 6.45) is 3.21. The highest BCUT2D eigenvalue weighted by atomic mass is 32.2. The number of nitrogens with one attached hydrogen (secondary N) is 1. The fourth-order valence-electron chi connectivity index (χ4n) is 1.83. The standard InChI is InChI=1S/C13H11FN4OS/c14-10-8-9(12(19)17-13-15-5-7-20-13)2-3-11(10)18-6-1-4-16-18/h1-4,6,8H,5,7H2,(H,15,17,19). The minimum absolute atomic E-state index is 0.258. The molecule has 3 rings (SSSR count). The van der Waals surface area contributed by atoms with Crippen molar-refractivity contribution in [3.05, 3.63) is 48.0 Å². The lowest BCUT2D eigenvalue weighted by atomic mass is 10.2. The van der Waals surface area contributed by atoms with Gasteiger partial charge in [-0.2, -0.15) is 5.10 Å². The Kier molecular flexibility index (Phi) is 3.51. The second-order valence-electron chi connectivity index (χ2n) is 4.11. The number of nitrogens with zero attached hydrogens (tertiary/aromatic N) is 3. The smallest absolute Gasteiger partial charge is 0.257 e. The zero-order valence-corrected chi connectivity index (χ0v) is 11.2. The van der Waals surface area contributed by atoms with Gasteiger partial charge in [-0.25, -0.2) is 9.07 Å². The third-order valence-electron chi connectivity index (χ3n) is 2.77. The van der Waals surface area contributed by atoms with Crippen molar-refractivity contribution < 1.29 is 9.18 Å². The minimum Gasteiger partial charge on any atom is -0.301 e. The van der Waals surface area contributed by atoms with Crippen molar-refractivity contribution in [2.45, 2.75) is 0 Å². The summed E-state index contributed by atoms with van der Waals surface area (Å²) < 4.78 is 15.4. The Hall–Kier alpha value is -2.15. The van der Waals surface area contributed by atoms with E-state index in [2.05, 4.69) is 15.4 Å². The number of carbonyl (C=O) groups is 1. The molecule has 1 N–H and O–H groups in total. The van der Waals surface area contributed by atoms with E-state index in [9.17, 15) is 9.18 Å². The molecule has 0 atom stereocenters. The van der Waals surface area contributed by atoms with Crippen LogP contribution in [0.5, 0.6) is 0 Å². The molecule has 0 aliphatic carbocycles. The summed E-state index contributed by atoms with van der Waals surface area (Å²) in [4.78, 5) is 16.1. The Morgan fingerprint density at radius 1 is 1.45 bits per heavy atom. The van der Waals surface area contributed by atoms with Crippen LogP contribution in [-0.4, -0.2) is 33.2 Å². The van der Waals surface area contributed by atoms with Gasteiger partial charge < -0.3 is 5.32 Å². The second-order valence-corrected chi connectivity index (χ2v) is 5.19. The Morgan fingerprint density at radius 3 is 3.00 bits per heavy atom. The minimum atomic E-state index is -0.498. The molecule has 1 amide bonds. The summed E-state index contributed by atoms with van der Waals surface area (Å²) in [5.41, 5.74) is 0.563. The van der Waals surface area contributed by atoms with Crippen LogP contribution in [0.3, 0.4) is 0 Å². The summed E-state index contributed by atoms with van der Waals surface area (Å²) >= 11 is 1.48. The number of amides is 1. The quantitative estimate of drug-likeness (QED) is 0.918. The molecule has 102 valence electrons. The Morgan fingerprint density at radius 2 is 2.35 bits per heavy atom. The van der Waals surface area contributed by atoms with Crippen LogP contribution < -0.4 is 5.32 Å². The summed E-state index contributed by atoms with van der Waals surface area (Å²) in [6.45, 7) is 0.701. The SMILES string of the molecule is O=C(NC1=NCCS1)c1ccc(-n2cccn2)c(F)c1. The molecule has 1 aromatic heterocycles. The lowest BCUT2D eigenvalue weighted by Gasteiger charge is -2.07. The number of rotatable bonds is 2. The van der Waals surface area contributed by atoms with Gasteiger partial charge >= 0.3 is 0 Å². The summed E-state index contributed by atoms with van der Waals surface area (Å²) in [6, 6.07) is 6.00. The molecule has 7 heteroatoms. The molecule has 0 saturated heterocycles. The highest BCUT2D eigenvalue weighted by Crippen LogP contribution is 2.15. The fraction of sp³-hybridized carbons (Fsp3) is 0.154. The van der Waals surface area contributed by atoms with Gasteiger partial charge in [-0.05, 0) is 24.3 Å². The maximum Gasteiger partial charge on any atom is 0.257 e. The van der Waals surface area contributed by atoms with Crippen LogP contribution in [0, 0.1) is 5.82 Å². The molecule has 1 aromatic carbocycles. The molecule has 2 heterocycles. The van der Waals surface area contributed by atoms with E-state index in [0.717, 1.165) is 5.75 Å². The lowest BCUT2D eigenvalue weighted by Crippen LogP contribution is -2.27. The van der Waals surface area contributed by atoms with Crippen molar-refractivity contribution in [3.8, 4) is 5.69 Å². The zero-order chi connectivity index (χ0) is 13.9. The van der Waals surface area contributed by atoms with Crippen LogP contribution in [0.2, 0.25) is 0 Å². The van der Waals surface area contributed by atoms with Crippen molar-refractivity contribution in [1.29, 1.82) is 0 Å². The number of carbonyl (C=O) groups excluding carboxylic acids is 1. The molecule has 0 bridgehead atoms. The second kappa shape index (κ2) is 5.46. The van der Waals surface area contributed by atoms with Crippen molar-refractivity contribution in [1.82, 2.24) is 15.1 Å². The lowest BCUT2D eigenvalue weighted by molar-refractivity contribution is 0.0977. The van der Waals surface area contributed by atoms with Gasteiger partial charge in [0, 0.05) is 23.7 Å². The first-order valence-electron chi connectivity index (χ1n) is 6.02. The number of aromatic nitrogens is 2. The van der Waals surface area contributed by atoms with E-state index in [-0.39, 0.29) is 11.5 Å². The van der Waals surface area contributed by atoms with E-state index in [0.29, 0.717) is 17.4 Å². The van der Waals surface area contributed by atoms with E-state index in [1.54, 1.807) is 24.5 Å². The van der Waals surface area contributed by atoms with Crippen LogP contribution in [0.15, 0.2) is 41.7 Å². The third-order valence-corrected chi connectivity index (χ3v) is 3.66. The molecule has 0 radical (unpaired) electrons. The molecular weight excluding hydrogens is 279 g/mol. The largest absolute Gasteiger partial charge is 0.301 e. The van der Waals surface area contributed by atoms with Crippen molar-refractivity contribution in [3.63, 3.8) is 0 Å². The zero-order valence-electron chi connectivity index (χ0n) is 10.4. The van der Waals surface area contributed by atoms with Crippen LogP contribution in [-0.2, 0) is 0 Å². The Bertz CT molecular complexity index is 669. The van der Waals surface area contributed by atoms with E-state index in [1.807, 2.05) is 0 Å². The predicted molar refractivity (Wildman–Crippen MR) is 75.7 cm³/mol. The maximum absolute atomic E-state index is 14.0. The predicted octanol–water partition coefficient (Wildman–Crippen LogP) is 1.84. The van der Waals surface area contributed by atoms with Gasteiger partial charge in [0.05, 0.1) is 6.54 Å². The fourth-order valence-corrected chi connectivity index (χ4v) is 2.55. The molecule has 20 heavy (non-hydrogen) atoms. The van der Waals surface area contributed by atoms with E-state index in [1.165, 1.54) is 28.6 Å². The number of thioether (sulfide) groups is 1. The van der Waals surface area contributed by atoms with E-state index >= 15 is 0 Å². The van der Waals surface area contributed by atoms with E-state index < -0.39 is 5.82 Å². The Labute approximate surface area is 118 Å². The van der Waals surface area contributed by atoms with E-state index in [4.69, 9.17) is 0 Å². The molecule has 0 fully saturated rings. The van der Waals surface area contributed by atoms with Crippen LogP contribution >= 0.6 is 11.8 Å². The van der Waals surface area contributed by atoms with Crippen LogP contribution in [0.25, 0.3) is 5.69 Å². The Balaban J connectivity index is 1.81. The molecule has 1 aliphatic heterocycles. The number of hydrogen-bond donors (Lipinski definition) is 1. The number of hydrogen-bond acceptors (Lipinski definition) is 4. The monoisotopic (exact) mass is 290 g/mol. The van der Waals surface area contributed by atoms with Crippen LogP contribution in [0.1, 0.15) is 10.4 Å². The number of halogens is 1. The van der Waals surface area contributed by atoms with Gasteiger partial charge in [-0.3, -0.25) is 9.79 Å². The third kappa shape index (κ3) is 2.57.